The summed E-state index contributed by atoms with van der Waals surface area (Å²) < 4.78 is 18.7. The van der Waals surface area contributed by atoms with Crippen LogP contribution in [0.15, 0.2) is 36.7 Å². The first-order chi connectivity index (χ1) is 7.65. The molecule has 0 radical (unpaired) electrons. The monoisotopic (exact) mass is 218 g/mol. The molecule has 0 aliphatic heterocycles. The lowest BCUT2D eigenvalue weighted by Crippen LogP contribution is -1.92. The summed E-state index contributed by atoms with van der Waals surface area (Å²) in [6, 6.07) is 6.26. The van der Waals surface area contributed by atoms with Crippen LogP contribution in [-0.4, -0.2) is 4.98 Å². The lowest BCUT2D eigenvalue weighted by molar-refractivity contribution is 0.440. The third-order valence-electron chi connectivity index (χ3n) is 2.05. The van der Waals surface area contributed by atoms with Gasteiger partial charge >= 0.3 is 0 Å². The van der Waals surface area contributed by atoms with Crippen molar-refractivity contribution >= 4 is 5.69 Å². The van der Waals surface area contributed by atoms with Crippen molar-refractivity contribution in [1.29, 1.82) is 0 Å². The maximum absolute atomic E-state index is 13.4. The van der Waals surface area contributed by atoms with Gasteiger partial charge in [-0.1, -0.05) is 6.07 Å². The highest BCUT2D eigenvalue weighted by molar-refractivity contribution is 5.42. The van der Waals surface area contributed by atoms with Gasteiger partial charge < -0.3 is 10.5 Å². The van der Waals surface area contributed by atoms with Gasteiger partial charge in [-0.05, 0) is 24.6 Å². The molecule has 16 heavy (non-hydrogen) atoms. The minimum absolute atomic E-state index is 0.174. The topological polar surface area (TPSA) is 48.1 Å². The molecular weight excluding hydrogens is 207 g/mol. The third kappa shape index (κ3) is 2.28. The van der Waals surface area contributed by atoms with Gasteiger partial charge in [-0.2, -0.15) is 0 Å². The summed E-state index contributed by atoms with van der Waals surface area (Å²) in [6.07, 6.45) is 2.98. The first-order valence-corrected chi connectivity index (χ1v) is 4.80. The van der Waals surface area contributed by atoms with Gasteiger partial charge in [0.2, 0.25) is 0 Å². The summed E-state index contributed by atoms with van der Waals surface area (Å²) in [4.78, 5) is 3.86. The predicted molar refractivity (Wildman–Crippen MR) is 59.9 cm³/mol. The summed E-state index contributed by atoms with van der Waals surface area (Å²) in [6.45, 7) is 1.86. The molecule has 2 N–H and O–H groups in total. The van der Waals surface area contributed by atoms with Crippen molar-refractivity contribution in [3.63, 3.8) is 0 Å². The van der Waals surface area contributed by atoms with Crippen molar-refractivity contribution < 1.29 is 9.13 Å². The van der Waals surface area contributed by atoms with Gasteiger partial charge in [-0.3, -0.25) is 4.98 Å². The number of nitrogens with zero attached hydrogens (tertiary/aromatic N) is 1. The molecule has 1 aromatic carbocycles. The Morgan fingerprint density at radius 3 is 2.81 bits per heavy atom. The van der Waals surface area contributed by atoms with Gasteiger partial charge in [-0.25, -0.2) is 4.39 Å². The first kappa shape index (κ1) is 10.4. The summed E-state index contributed by atoms with van der Waals surface area (Å²) >= 11 is 0. The quantitative estimate of drug-likeness (QED) is 0.843. The van der Waals surface area contributed by atoms with E-state index in [4.69, 9.17) is 10.5 Å². The zero-order chi connectivity index (χ0) is 11.5. The van der Waals surface area contributed by atoms with Crippen LogP contribution in [0.25, 0.3) is 0 Å². The zero-order valence-corrected chi connectivity index (χ0v) is 8.77. The van der Waals surface area contributed by atoms with Crippen LogP contribution in [0, 0.1) is 12.7 Å². The van der Waals surface area contributed by atoms with Crippen molar-refractivity contribution in [3.05, 3.63) is 48.0 Å². The Hall–Kier alpha value is -2.10. The molecule has 0 saturated carbocycles. The van der Waals surface area contributed by atoms with Crippen molar-refractivity contribution in [2.24, 2.45) is 0 Å². The average Bonchev–Trinajstić information content (AvgIpc) is 2.24. The van der Waals surface area contributed by atoms with Gasteiger partial charge in [0.25, 0.3) is 0 Å². The van der Waals surface area contributed by atoms with E-state index in [-0.39, 0.29) is 5.75 Å². The Morgan fingerprint density at radius 2 is 2.06 bits per heavy atom. The first-order valence-electron chi connectivity index (χ1n) is 4.80. The van der Waals surface area contributed by atoms with E-state index >= 15 is 0 Å². The molecule has 0 spiro atoms. The van der Waals surface area contributed by atoms with E-state index in [1.165, 1.54) is 18.5 Å². The molecular formula is C12H11FN2O. The van der Waals surface area contributed by atoms with E-state index < -0.39 is 5.82 Å². The predicted octanol–water partition coefficient (Wildman–Crippen LogP) is 2.90. The standard InChI is InChI=1S/C12H11FN2O/c1-8-2-3-11(13)12(4-8)16-10-5-9(14)6-15-7-10/h2-7H,14H2,1H3. The van der Waals surface area contributed by atoms with E-state index in [9.17, 15) is 4.39 Å². The molecule has 0 unspecified atom stereocenters. The van der Waals surface area contributed by atoms with Gasteiger partial charge in [0.15, 0.2) is 11.6 Å². The highest BCUT2D eigenvalue weighted by Gasteiger charge is 2.05. The Labute approximate surface area is 92.7 Å². The smallest absolute Gasteiger partial charge is 0.165 e. The number of hydrogen-bond acceptors (Lipinski definition) is 3. The van der Waals surface area contributed by atoms with E-state index in [2.05, 4.69) is 4.98 Å². The molecule has 2 aromatic rings. The largest absolute Gasteiger partial charge is 0.453 e. The summed E-state index contributed by atoms with van der Waals surface area (Å²) in [7, 11) is 0. The number of aryl methyl sites for hydroxylation is 1. The van der Waals surface area contributed by atoms with Crippen LogP contribution in [0.3, 0.4) is 0 Å². The van der Waals surface area contributed by atoms with Crippen molar-refractivity contribution in [1.82, 2.24) is 4.98 Å². The fraction of sp³-hybridized carbons (Fsp3) is 0.0833. The Bertz CT molecular complexity index is 514. The SMILES string of the molecule is Cc1ccc(F)c(Oc2cncc(N)c2)c1. The zero-order valence-electron chi connectivity index (χ0n) is 8.77. The second-order valence-corrected chi connectivity index (χ2v) is 3.49. The van der Waals surface area contributed by atoms with Gasteiger partial charge in [0.05, 0.1) is 18.1 Å². The number of aromatic nitrogens is 1. The van der Waals surface area contributed by atoms with Gasteiger partial charge in [-0.15, -0.1) is 0 Å². The fourth-order valence-corrected chi connectivity index (χ4v) is 1.31. The highest BCUT2D eigenvalue weighted by Crippen LogP contribution is 2.25. The van der Waals surface area contributed by atoms with Crippen molar-refractivity contribution in [2.75, 3.05) is 5.73 Å². The Morgan fingerprint density at radius 1 is 1.25 bits per heavy atom. The Kier molecular flexibility index (Phi) is 2.72. The average molecular weight is 218 g/mol. The number of anilines is 1. The third-order valence-corrected chi connectivity index (χ3v) is 2.05. The summed E-state index contributed by atoms with van der Waals surface area (Å²) in [5.74, 6) is 0.185. The van der Waals surface area contributed by atoms with Crippen LogP contribution in [0.4, 0.5) is 10.1 Å². The number of nitrogen functional groups attached to an aromatic ring is 1. The molecule has 1 heterocycles. The second kappa shape index (κ2) is 4.18. The van der Waals surface area contributed by atoms with E-state index in [1.54, 1.807) is 18.2 Å². The minimum atomic E-state index is -0.409. The van der Waals surface area contributed by atoms with Gasteiger partial charge in [0, 0.05) is 6.07 Å². The minimum Gasteiger partial charge on any atom is -0.453 e. The molecule has 3 nitrogen and oxygen atoms in total. The number of nitrogens with two attached hydrogens (primary N) is 1. The van der Waals surface area contributed by atoms with Crippen LogP contribution in [0.2, 0.25) is 0 Å². The molecule has 0 aliphatic rings. The Balaban J connectivity index is 2.30. The van der Waals surface area contributed by atoms with E-state index in [0.717, 1.165) is 5.56 Å². The number of rotatable bonds is 2. The van der Waals surface area contributed by atoms with Crippen LogP contribution in [0.5, 0.6) is 11.5 Å². The molecule has 82 valence electrons. The lowest BCUT2D eigenvalue weighted by atomic mass is 10.2. The molecule has 0 atom stereocenters. The van der Waals surface area contributed by atoms with Crippen molar-refractivity contribution in [2.45, 2.75) is 6.92 Å². The number of ether oxygens (including phenoxy) is 1. The highest BCUT2D eigenvalue weighted by atomic mass is 19.1. The van der Waals surface area contributed by atoms with Crippen LogP contribution in [0.1, 0.15) is 5.56 Å². The maximum Gasteiger partial charge on any atom is 0.165 e. The molecule has 0 aliphatic carbocycles. The molecule has 2 rings (SSSR count). The van der Waals surface area contributed by atoms with Crippen LogP contribution < -0.4 is 10.5 Å². The molecule has 0 saturated heterocycles. The second-order valence-electron chi connectivity index (χ2n) is 3.49. The van der Waals surface area contributed by atoms with E-state index in [1.807, 2.05) is 6.92 Å². The fourth-order valence-electron chi connectivity index (χ4n) is 1.31. The van der Waals surface area contributed by atoms with Gasteiger partial charge in [0.1, 0.15) is 5.75 Å². The number of benzene rings is 1. The van der Waals surface area contributed by atoms with Crippen LogP contribution in [-0.2, 0) is 0 Å². The summed E-state index contributed by atoms with van der Waals surface area (Å²) in [5.41, 5.74) is 6.95. The molecule has 0 amide bonds. The normalized spacial score (nSPS) is 10.1. The molecule has 1 aromatic heterocycles. The maximum atomic E-state index is 13.4. The lowest BCUT2D eigenvalue weighted by Gasteiger charge is -2.07. The van der Waals surface area contributed by atoms with Crippen LogP contribution >= 0.6 is 0 Å². The molecule has 0 bridgehead atoms. The number of halogens is 1. The number of hydrogen-bond donors (Lipinski definition) is 1. The summed E-state index contributed by atoms with van der Waals surface area (Å²) in [5, 5.41) is 0. The molecule has 4 heteroatoms. The molecule has 0 fully saturated rings. The number of pyridine rings is 1. The van der Waals surface area contributed by atoms with Crippen molar-refractivity contribution in [3.8, 4) is 11.5 Å². The van der Waals surface area contributed by atoms with E-state index in [0.29, 0.717) is 11.4 Å².